The number of amides is 2. The number of aromatic nitrogens is 3. The van der Waals surface area contributed by atoms with Gasteiger partial charge in [0, 0.05) is 26.1 Å². The number of hydrogen-bond donors (Lipinski definition) is 2. The van der Waals surface area contributed by atoms with Crippen LogP contribution in [0.1, 0.15) is 24.6 Å². The lowest BCUT2D eigenvalue weighted by atomic mass is 9.96. The molecule has 7 nitrogen and oxygen atoms in total. The smallest absolute Gasteiger partial charge is 0.321 e. The number of para-hydroxylation sites is 1. The molecule has 0 atom stereocenters. The van der Waals surface area contributed by atoms with Crippen molar-refractivity contribution in [2.45, 2.75) is 18.8 Å². The number of anilines is 2. The Bertz CT molecular complexity index is 688. The maximum atomic E-state index is 12.3. The molecule has 1 fully saturated rings. The van der Waals surface area contributed by atoms with Crippen molar-refractivity contribution < 1.29 is 4.79 Å². The number of carbonyl (C=O) groups excluding carboxylic acids is 1. The monoisotopic (exact) mass is 334 g/mol. The first kappa shape index (κ1) is 15.6. The maximum Gasteiger partial charge on any atom is 0.321 e. The van der Waals surface area contributed by atoms with Gasteiger partial charge in [-0.3, -0.25) is 0 Å². The van der Waals surface area contributed by atoms with Gasteiger partial charge >= 0.3 is 6.03 Å². The fraction of sp³-hybridized carbons (Fsp3) is 0.400. The summed E-state index contributed by atoms with van der Waals surface area (Å²) < 4.78 is 1.58. The summed E-state index contributed by atoms with van der Waals surface area (Å²) in [4.78, 5) is 18.4. The average Bonchev–Trinajstić information content (AvgIpc) is 2.89. The summed E-state index contributed by atoms with van der Waals surface area (Å²) in [6.07, 6.45) is 1.64. The Labute approximate surface area is 139 Å². The van der Waals surface area contributed by atoms with Crippen LogP contribution in [0.5, 0.6) is 0 Å². The molecule has 0 spiro atoms. The van der Waals surface area contributed by atoms with Crippen molar-refractivity contribution in [2.24, 2.45) is 7.05 Å². The van der Waals surface area contributed by atoms with Gasteiger partial charge < -0.3 is 16.0 Å². The van der Waals surface area contributed by atoms with E-state index in [1.165, 1.54) is 0 Å². The van der Waals surface area contributed by atoms with Gasteiger partial charge in [0.15, 0.2) is 5.82 Å². The van der Waals surface area contributed by atoms with Crippen LogP contribution in [0.2, 0.25) is 5.02 Å². The van der Waals surface area contributed by atoms with Gasteiger partial charge in [0.25, 0.3) is 0 Å². The minimum absolute atomic E-state index is 0.134. The van der Waals surface area contributed by atoms with Gasteiger partial charge in [0.2, 0.25) is 5.95 Å². The van der Waals surface area contributed by atoms with Crippen molar-refractivity contribution in [3.63, 3.8) is 0 Å². The molecule has 2 heterocycles. The van der Waals surface area contributed by atoms with Crippen LogP contribution in [0.3, 0.4) is 0 Å². The molecule has 1 aromatic heterocycles. The zero-order chi connectivity index (χ0) is 16.4. The summed E-state index contributed by atoms with van der Waals surface area (Å²) in [5.74, 6) is 1.41. The molecule has 0 unspecified atom stereocenters. The number of piperidine rings is 1. The van der Waals surface area contributed by atoms with Crippen LogP contribution in [0, 0.1) is 0 Å². The lowest BCUT2D eigenvalue weighted by molar-refractivity contribution is 0.193. The summed E-state index contributed by atoms with van der Waals surface area (Å²) in [7, 11) is 1.78. The molecule has 2 aromatic rings. The predicted molar refractivity (Wildman–Crippen MR) is 89.4 cm³/mol. The molecule has 1 aromatic carbocycles. The molecule has 122 valence electrons. The number of hydrogen-bond acceptors (Lipinski definition) is 4. The van der Waals surface area contributed by atoms with E-state index in [4.69, 9.17) is 17.3 Å². The Morgan fingerprint density at radius 3 is 2.65 bits per heavy atom. The molecule has 23 heavy (non-hydrogen) atoms. The number of nitrogen functional groups attached to an aromatic ring is 1. The van der Waals surface area contributed by atoms with Crippen molar-refractivity contribution in [1.29, 1.82) is 0 Å². The highest BCUT2D eigenvalue weighted by Crippen LogP contribution is 2.27. The van der Waals surface area contributed by atoms with Crippen LogP contribution in [0.15, 0.2) is 24.3 Å². The van der Waals surface area contributed by atoms with Gasteiger partial charge in [-0.15, -0.1) is 0 Å². The number of likely N-dealkylation sites (tertiary alicyclic amines) is 1. The molecule has 0 aliphatic carbocycles. The number of nitrogens with zero attached hydrogens (tertiary/aromatic N) is 4. The Morgan fingerprint density at radius 2 is 2.04 bits per heavy atom. The molecular formula is C15H19ClN6O. The van der Waals surface area contributed by atoms with E-state index in [9.17, 15) is 4.79 Å². The molecule has 8 heteroatoms. The fourth-order valence-corrected chi connectivity index (χ4v) is 2.87. The second kappa shape index (κ2) is 6.45. The minimum atomic E-state index is -0.134. The SMILES string of the molecule is Cn1nc(C2CCN(C(=O)Nc3ccccc3Cl)CC2)nc1N. The van der Waals surface area contributed by atoms with Crippen LogP contribution >= 0.6 is 11.6 Å². The highest BCUT2D eigenvalue weighted by molar-refractivity contribution is 6.33. The summed E-state index contributed by atoms with van der Waals surface area (Å²) in [5.41, 5.74) is 6.35. The quantitative estimate of drug-likeness (QED) is 0.882. The van der Waals surface area contributed by atoms with E-state index >= 15 is 0 Å². The van der Waals surface area contributed by atoms with E-state index in [1.54, 1.807) is 28.8 Å². The second-order valence-corrected chi connectivity index (χ2v) is 6.03. The Hall–Kier alpha value is -2.28. The molecule has 0 bridgehead atoms. The molecular weight excluding hydrogens is 316 g/mol. The summed E-state index contributed by atoms with van der Waals surface area (Å²) in [5, 5.41) is 7.71. The van der Waals surface area contributed by atoms with E-state index in [0.29, 0.717) is 29.7 Å². The Balaban J connectivity index is 1.58. The molecule has 0 saturated carbocycles. The summed E-state index contributed by atoms with van der Waals surface area (Å²) in [6, 6.07) is 7.07. The Kier molecular flexibility index (Phi) is 4.38. The number of aryl methyl sites for hydroxylation is 1. The van der Waals surface area contributed by atoms with E-state index in [1.807, 2.05) is 12.1 Å². The van der Waals surface area contributed by atoms with E-state index < -0.39 is 0 Å². The molecule has 1 saturated heterocycles. The highest BCUT2D eigenvalue weighted by Gasteiger charge is 2.26. The average molecular weight is 335 g/mol. The number of benzene rings is 1. The predicted octanol–water partition coefficient (Wildman–Crippen LogP) is 2.46. The first-order valence-corrected chi connectivity index (χ1v) is 7.89. The van der Waals surface area contributed by atoms with Crippen molar-refractivity contribution in [3.8, 4) is 0 Å². The number of rotatable bonds is 2. The van der Waals surface area contributed by atoms with Gasteiger partial charge in [-0.2, -0.15) is 10.1 Å². The van der Waals surface area contributed by atoms with Crippen LogP contribution in [-0.4, -0.2) is 38.8 Å². The number of nitrogens with one attached hydrogen (secondary N) is 1. The molecule has 1 aliphatic rings. The van der Waals surface area contributed by atoms with Gasteiger partial charge in [-0.1, -0.05) is 23.7 Å². The van der Waals surface area contributed by atoms with Crippen molar-refractivity contribution in [1.82, 2.24) is 19.7 Å². The van der Waals surface area contributed by atoms with Crippen LogP contribution < -0.4 is 11.1 Å². The lowest BCUT2D eigenvalue weighted by Crippen LogP contribution is -2.40. The Morgan fingerprint density at radius 1 is 1.35 bits per heavy atom. The normalized spacial score (nSPS) is 15.7. The van der Waals surface area contributed by atoms with Crippen molar-refractivity contribution in [2.75, 3.05) is 24.1 Å². The third-order valence-electron chi connectivity index (χ3n) is 4.08. The number of nitrogens with two attached hydrogens (primary N) is 1. The summed E-state index contributed by atoms with van der Waals surface area (Å²) in [6.45, 7) is 1.30. The lowest BCUT2D eigenvalue weighted by Gasteiger charge is -2.30. The molecule has 0 radical (unpaired) electrons. The maximum absolute atomic E-state index is 12.3. The van der Waals surface area contributed by atoms with E-state index in [0.717, 1.165) is 18.7 Å². The first-order chi connectivity index (χ1) is 11.0. The minimum Gasteiger partial charge on any atom is -0.368 e. The van der Waals surface area contributed by atoms with Gasteiger partial charge in [-0.25, -0.2) is 9.48 Å². The molecule has 2 amide bonds. The number of carbonyl (C=O) groups is 1. The second-order valence-electron chi connectivity index (χ2n) is 5.62. The third-order valence-corrected chi connectivity index (χ3v) is 4.41. The van der Waals surface area contributed by atoms with Crippen LogP contribution in [0.25, 0.3) is 0 Å². The van der Waals surface area contributed by atoms with E-state index in [-0.39, 0.29) is 11.9 Å². The largest absolute Gasteiger partial charge is 0.368 e. The third kappa shape index (κ3) is 3.39. The first-order valence-electron chi connectivity index (χ1n) is 7.51. The molecule has 1 aliphatic heterocycles. The fourth-order valence-electron chi connectivity index (χ4n) is 2.69. The van der Waals surface area contributed by atoms with Crippen molar-refractivity contribution >= 4 is 29.3 Å². The van der Waals surface area contributed by atoms with Crippen molar-refractivity contribution in [3.05, 3.63) is 35.1 Å². The zero-order valence-corrected chi connectivity index (χ0v) is 13.6. The molecule has 3 rings (SSSR count). The van der Waals surface area contributed by atoms with E-state index in [2.05, 4.69) is 15.4 Å². The molecule has 3 N–H and O–H groups in total. The highest BCUT2D eigenvalue weighted by atomic mass is 35.5. The van der Waals surface area contributed by atoms with Crippen LogP contribution in [-0.2, 0) is 7.05 Å². The van der Waals surface area contributed by atoms with Gasteiger partial charge in [0.05, 0.1) is 10.7 Å². The number of halogens is 1. The van der Waals surface area contributed by atoms with Crippen LogP contribution in [0.4, 0.5) is 16.4 Å². The van der Waals surface area contributed by atoms with Gasteiger partial charge in [0.1, 0.15) is 0 Å². The number of urea groups is 1. The summed E-state index contributed by atoms with van der Waals surface area (Å²) >= 11 is 6.06. The topological polar surface area (TPSA) is 89.1 Å². The zero-order valence-electron chi connectivity index (χ0n) is 12.9. The standard InChI is InChI=1S/C15H19ClN6O/c1-21-14(17)19-13(20-21)10-6-8-22(9-7-10)15(23)18-12-5-3-2-4-11(12)16/h2-5,10H,6-9H2,1H3,(H,18,23)(H2,17,19,20). The van der Waals surface area contributed by atoms with Gasteiger partial charge in [-0.05, 0) is 25.0 Å².